The van der Waals surface area contributed by atoms with Gasteiger partial charge in [0.1, 0.15) is 5.82 Å². The first kappa shape index (κ1) is 8.97. The third-order valence-corrected chi connectivity index (χ3v) is 2.21. The summed E-state index contributed by atoms with van der Waals surface area (Å²) in [5.74, 6) is 0.897. The molecule has 0 amide bonds. The molecule has 0 atom stereocenters. The fraction of sp³-hybridized carbons (Fsp3) is 0.182. The molecule has 0 bridgehead atoms. The molecule has 0 aliphatic rings. The molecule has 1 aromatic heterocycles. The number of hydrogen-bond acceptors (Lipinski definition) is 2. The molecule has 0 unspecified atom stereocenters. The number of aryl methyl sites for hydroxylation is 1. The number of benzene rings is 1. The van der Waals surface area contributed by atoms with E-state index in [9.17, 15) is 0 Å². The summed E-state index contributed by atoms with van der Waals surface area (Å²) in [4.78, 5) is 4.25. The van der Waals surface area contributed by atoms with Gasteiger partial charge in [-0.3, -0.25) is 4.57 Å². The van der Waals surface area contributed by atoms with Gasteiger partial charge in [-0.15, -0.1) is 0 Å². The van der Waals surface area contributed by atoms with Gasteiger partial charge < -0.3 is 5.73 Å². The van der Waals surface area contributed by atoms with Crippen molar-refractivity contribution in [2.45, 2.75) is 13.5 Å². The number of rotatable bonds is 2. The molecule has 14 heavy (non-hydrogen) atoms. The normalized spacial score (nSPS) is 10.4. The second-order valence-electron chi connectivity index (χ2n) is 3.19. The Balaban J connectivity index is 2.55. The van der Waals surface area contributed by atoms with Crippen molar-refractivity contribution in [1.29, 1.82) is 0 Å². The van der Waals surface area contributed by atoms with E-state index in [2.05, 4.69) is 9.55 Å². The molecule has 72 valence electrons. The third-order valence-electron chi connectivity index (χ3n) is 2.21. The van der Waals surface area contributed by atoms with Crippen LogP contribution in [0.1, 0.15) is 11.5 Å². The molecule has 0 saturated heterocycles. The van der Waals surface area contributed by atoms with Crippen LogP contribution in [0, 0.1) is 6.92 Å². The standard InChI is InChI=1S/C11H13N3/c1-9-8-13-11(7-12)14(9)10-5-3-2-4-6-10/h2-6,8H,7,12H2,1H3. The van der Waals surface area contributed by atoms with Gasteiger partial charge >= 0.3 is 0 Å². The first-order chi connectivity index (χ1) is 6.83. The van der Waals surface area contributed by atoms with Crippen molar-refractivity contribution in [1.82, 2.24) is 9.55 Å². The number of nitrogens with zero attached hydrogens (tertiary/aromatic N) is 2. The lowest BCUT2D eigenvalue weighted by Gasteiger charge is -2.08. The largest absolute Gasteiger partial charge is 0.324 e. The average Bonchev–Trinajstić information content (AvgIpc) is 2.61. The summed E-state index contributed by atoms with van der Waals surface area (Å²) in [7, 11) is 0. The molecule has 0 fully saturated rings. The highest BCUT2D eigenvalue weighted by molar-refractivity contribution is 5.35. The van der Waals surface area contributed by atoms with Crippen LogP contribution in [-0.4, -0.2) is 9.55 Å². The summed E-state index contributed by atoms with van der Waals surface area (Å²) in [5.41, 5.74) is 7.84. The maximum Gasteiger partial charge on any atom is 0.127 e. The molecule has 2 N–H and O–H groups in total. The summed E-state index contributed by atoms with van der Waals surface area (Å²) < 4.78 is 2.07. The van der Waals surface area contributed by atoms with Gasteiger partial charge in [0.25, 0.3) is 0 Å². The highest BCUT2D eigenvalue weighted by Crippen LogP contribution is 2.13. The molecular formula is C11H13N3. The zero-order chi connectivity index (χ0) is 9.97. The minimum atomic E-state index is 0.461. The summed E-state index contributed by atoms with van der Waals surface area (Å²) >= 11 is 0. The second kappa shape index (κ2) is 3.64. The highest BCUT2D eigenvalue weighted by Gasteiger charge is 2.05. The molecule has 0 spiro atoms. The molecule has 0 aliphatic carbocycles. The monoisotopic (exact) mass is 187 g/mol. The van der Waals surface area contributed by atoms with E-state index in [1.807, 2.05) is 43.5 Å². The Labute approximate surface area is 83.2 Å². The van der Waals surface area contributed by atoms with Crippen LogP contribution in [0.3, 0.4) is 0 Å². The second-order valence-corrected chi connectivity index (χ2v) is 3.19. The highest BCUT2D eigenvalue weighted by atomic mass is 15.1. The lowest BCUT2D eigenvalue weighted by molar-refractivity contribution is 0.852. The summed E-state index contributed by atoms with van der Waals surface area (Å²) in [6, 6.07) is 10.1. The van der Waals surface area contributed by atoms with Gasteiger partial charge in [-0.05, 0) is 19.1 Å². The Morgan fingerprint density at radius 1 is 1.29 bits per heavy atom. The zero-order valence-corrected chi connectivity index (χ0v) is 8.14. The molecule has 2 rings (SSSR count). The quantitative estimate of drug-likeness (QED) is 0.776. The Hall–Kier alpha value is -1.61. The van der Waals surface area contributed by atoms with Crippen LogP contribution in [0.4, 0.5) is 0 Å². The molecule has 0 aliphatic heterocycles. The van der Waals surface area contributed by atoms with Crippen LogP contribution >= 0.6 is 0 Å². The van der Waals surface area contributed by atoms with Gasteiger partial charge in [0, 0.05) is 17.6 Å². The maximum atomic E-state index is 5.62. The predicted octanol–water partition coefficient (Wildman–Crippen LogP) is 1.64. The summed E-state index contributed by atoms with van der Waals surface area (Å²) in [6.07, 6.45) is 1.84. The molecule has 0 saturated carbocycles. The van der Waals surface area contributed by atoms with Gasteiger partial charge in [0.2, 0.25) is 0 Å². The van der Waals surface area contributed by atoms with Crippen LogP contribution in [0.15, 0.2) is 36.5 Å². The maximum absolute atomic E-state index is 5.62. The van der Waals surface area contributed by atoms with E-state index in [4.69, 9.17) is 5.73 Å². The average molecular weight is 187 g/mol. The van der Waals surface area contributed by atoms with Gasteiger partial charge in [-0.25, -0.2) is 4.98 Å². The summed E-state index contributed by atoms with van der Waals surface area (Å²) in [5, 5.41) is 0. The lowest BCUT2D eigenvalue weighted by atomic mass is 10.3. The van der Waals surface area contributed by atoms with Gasteiger partial charge in [-0.2, -0.15) is 0 Å². The Kier molecular flexibility index (Phi) is 2.33. The van der Waals surface area contributed by atoms with Gasteiger partial charge in [0.15, 0.2) is 0 Å². The molecular weight excluding hydrogens is 174 g/mol. The topological polar surface area (TPSA) is 43.8 Å². The van der Waals surface area contributed by atoms with E-state index in [-0.39, 0.29) is 0 Å². The number of nitrogens with two attached hydrogens (primary N) is 1. The van der Waals surface area contributed by atoms with Crippen LogP contribution in [0.25, 0.3) is 5.69 Å². The van der Waals surface area contributed by atoms with Gasteiger partial charge in [-0.1, -0.05) is 18.2 Å². The van der Waals surface area contributed by atoms with Crippen molar-refractivity contribution in [3.63, 3.8) is 0 Å². The fourth-order valence-corrected chi connectivity index (χ4v) is 1.56. The zero-order valence-electron chi connectivity index (χ0n) is 8.14. The van der Waals surface area contributed by atoms with Crippen molar-refractivity contribution in [2.75, 3.05) is 0 Å². The number of aromatic nitrogens is 2. The number of para-hydroxylation sites is 1. The lowest BCUT2D eigenvalue weighted by Crippen LogP contribution is -2.07. The minimum Gasteiger partial charge on any atom is -0.324 e. The van der Waals surface area contributed by atoms with Crippen LogP contribution in [-0.2, 0) is 6.54 Å². The van der Waals surface area contributed by atoms with Crippen molar-refractivity contribution >= 4 is 0 Å². The Morgan fingerprint density at radius 2 is 2.00 bits per heavy atom. The smallest absolute Gasteiger partial charge is 0.127 e. The third kappa shape index (κ3) is 1.42. The van der Waals surface area contributed by atoms with E-state index in [1.54, 1.807) is 0 Å². The SMILES string of the molecule is Cc1cnc(CN)n1-c1ccccc1. The Bertz CT molecular complexity index is 417. The van der Waals surface area contributed by atoms with Crippen LogP contribution < -0.4 is 5.73 Å². The van der Waals surface area contributed by atoms with Crippen LogP contribution in [0.2, 0.25) is 0 Å². The molecule has 3 nitrogen and oxygen atoms in total. The van der Waals surface area contributed by atoms with E-state index in [1.165, 1.54) is 0 Å². The van der Waals surface area contributed by atoms with E-state index < -0.39 is 0 Å². The van der Waals surface area contributed by atoms with E-state index >= 15 is 0 Å². The number of hydrogen-bond donors (Lipinski definition) is 1. The molecule has 1 aromatic carbocycles. The van der Waals surface area contributed by atoms with Gasteiger partial charge in [0.05, 0.1) is 6.54 Å². The molecule has 1 heterocycles. The first-order valence-corrected chi connectivity index (χ1v) is 4.61. The predicted molar refractivity (Wildman–Crippen MR) is 56.2 cm³/mol. The van der Waals surface area contributed by atoms with Crippen molar-refractivity contribution in [3.8, 4) is 5.69 Å². The summed E-state index contributed by atoms with van der Waals surface area (Å²) in [6.45, 7) is 2.49. The first-order valence-electron chi connectivity index (χ1n) is 4.61. The van der Waals surface area contributed by atoms with E-state index in [0.717, 1.165) is 17.2 Å². The Morgan fingerprint density at radius 3 is 2.64 bits per heavy atom. The van der Waals surface area contributed by atoms with E-state index in [0.29, 0.717) is 6.54 Å². The van der Waals surface area contributed by atoms with Crippen LogP contribution in [0.5, 0.6) is 0 Å². The molecule has 2 aromatic rings. The number of imidazole rings is 1. The van der Waals surface area contributed by atoms with Crippen molar-refractivity contribution in [3.05, 3.63) is 48.0 Å². The van der Waals surface area contributed by atoms with Crippen molar-refractivity contribution < 1.29 is 0 Å². The molecule has 3 heteroatoms. The molecule has 0 radical (unpaired) electrons. The van der Waals surface area contributed by atoms with Crippen molar-refractivity contribution in [2.24, 2.45) is 5.73 Å². The fourth-order valence-electron chi connectivity index (χ4n) is 1.56. The minimum absolute atomic E-state index is 0.461.